The van der Waals surface area contributed by atoms with Crippen molar-refractivity contribution >= 4 is 45.0 Å². The summed E-state index contributed by atoms with van der Waals surface area (Å²) in [6.45, 7) is -0.00260. The van der Waals surface area contributed by atoms with Crippen LogP contribution in [0.15, 0.2) is 53.8 Å². The summed E-state index contributed by atoms with van der Waals surface area (Å²) in [5.74, 6) is -1.35. The molecule has 0 saturated heterocycles. The van der Waals surface area contributed by atoms with Gasteiger partial charge in [-0.15, -0.1) is 0 Å². The average molecular weight is 454 g/mol. The van der Waals surface area contributed by atoms with E-state index in [-0.39, 0.29) is 38.9 Å². The molecule has 0 aliphatic carbocycles. The number of ether oxygens (including phenoxy) is 1. The number of primary amides is 1. The molecule has 0 unspecified atom stereocenters. The zero-order valence-corrected chi connectivity index (χ0v) is 16.9. The van der Waals surface area contributed by atoms with Crippen molar-refractivity contribution in [2.75, 3.05) is 4.72 Å². The third kappa shape index (κ3) is 4.91. The summed E-state index contributed by atoms with van der Waals surface area (Å²) in [6, 6.07) is 7.61. The van der Waals surface area contributed by atoms with Crippen molar-refractivity contribution in [1.29, 1.82) is 0 Å². The predicted octanol–water partition coefficient (Wildman–Crippen LogP) is 2.66. The Morgan fingerprint density at radius 2 is 1.97 bits per heavy atom. The predicted molar refractivity (Wildman–Crippen MR) is 106 cm³/mol. The molecule has 1 amide bonds. The molecule has 150 valence electrons. The number of nitrogens with zero attached hydrogens (tertiary/aromatic N) is 3. The highest BCUT2D eigenvalue weighted by atomic mass is 35.5. The van der Waals surface area contributed by atoms with E-state index in [1.807, 2.05) is 0 Å². The first kappa shape index (κ1) is 20.8. The quantitative estimate of drug-likeness (QED) is 0.560. The van der Waals surface area contributed by atoms with Crippen LogP contribution in [0.4, 0.5) is 5.82 Å². The van der Waals surface area contributed by atoms with Crippen molar-refractivity contribution in [3.05, 3.63) is 70.2 Å². The van der Waals surface area contributed by atoms with Crippen molar-refractivity contribution in [3.63, 3.8) is 0 Å². The van der Waals surface area contributed by atoms with Gasteiger partial charge in [0.1, 0.15) is 17.2 Å². The Kier molecular flexibility index (Phi) is 6.16. The minimum absolute atomic E-state index is 0.00260. The van der Waals surface area contributed by atoms with Crippen LogP contribution in [0.3, 0.4) is 0 Å². The van der Waals surface area contributed by atoms with Crippen molar-refractivity contribution in [1.82, 2.24) is 15.0 Å². The molecule has 0 fully saturated rings. The SMILES string of the molecule is NC(=O)c1cnc(NS(=O)(=O)c2cccc(Cl)c2Cl)c(OCc2cccnc2)n1. The lowest BCUT2D eigenvalue weighted by Gasteiger charge is -2.13. The van der Waals surface area contributed by atoms with Crippen LogP contribution in [0.2, 0.25) is 10.0 Å². The van der Waals surface area contributed by atoms with Gasteiger partial charge in [0, 0.05) is 18.0 Å². The second-order valence-corrected chi connectivity index (χ2v) is 8.02. The first-order valence-electron chi connectivity index (χ1n) is 7.93. The monoisotopic (exact) mass is 453 g/mol. The van der Waals surface area contributed by atoms with Gasteiger partial charge in [0.2, 0.25) is 5.82 Å². The molecule has 3 aromatic rings. The Hall–Kier alpha value is -2.95. The van der Waals surface area contributed by atoms with E-state index in [9.17, 15) is 13.2 Å². The molecule has 29 heavy (non-hydrogen) atoms. The van der Waals surface area contributed by atoms with Crippen LogP contribution < -0.4 is 15.2 Å². The number of pyridine rings is 1. The summed E-state index contributed by atoms with van der Waals surface area (Å²) in [7, 11) is -4.18. The molecular formula is C17H13Cl2N5O4S. The molecule has 0 aliphatic heterocycles. The number of nitrogens with one attached hydrogen (secondary N) is 1. The van der Waals surface area contributed by atoms with Crippen LogP contribution in [-0.4, -0.2) is 29.3 Å². The third-order valence-corrected chi connectivity index (χ3v) is 5.84. The van der Waals surface area contributed by atoms with Crippen LogP contribution in [-0.2, 0) is 16.6 Å². The molecule has 9 nitrogen and oxygen atoms in total. The molecule has 0 spiro atoms. The Morgan fingerprint density at radius 3 is 2.66 bits per heavy atom. The number of halogens is 2. The summed E-state index contributed by atoms with van der Waals surface area (Å²) in [5.41, 5.74) is 5.70. The fourth-order valence-corrected chi connectivity index (χ4v) is 3.94. The van der Waals surface area contributed by atoms with Crippen molar-refractivity contribution < 1.29 is 17.9 Å². The largest absolute Gasteiger partial charge is 0.470 e. The van der Waals surface area contributed by atoms with Gasteiger partial charge in [0.25, 0.3) is 21.8 Å². The van der Waals surface area contributed by atoms with Crippen LogP contribution >= 0.6 is 23.2 Å². The molecule has 0 aliphatic rings. The highest BCUT2D eigenvalue weighted by Gasteiger charge is 2.23. The number of carbonyl (C=O) groups is 1. The van der Waals surface area contributed by atoms with Gasteiger partial charge in [-0.05, 0) is 18.2 Å². The van der Waals surface area contributed by atoms with E-state index in [0.29, 0.717) is 5.56 Å². The maximum atomic E-state index is 12.7. The van der Waals surface area contributed by atoms with E-state index in [2.05, 4.69) is 19.7 Å². The van der Waals surface area contributed by atoms with Crippen molar-refractivity contribution in [2.45, 2.75) is 11.5 Å². The normalized spacial score (nSPS) is 11.1. The summed E-state index contributed by atoms with van der Waals surface area (Å²) >= 11 is 11.9. The molecule has 0 atom stereocenters. The minimum Gasteiger partial charge on any atom is -0.470 e. The van der Waals surface area contributed by atoms with Gasteiger partial charge in [-0.25, -0.2) is 18.4 Å². The Morgan fingerprint density at radius 1 is 1.17 bits per heavy atom. The fourth-order valence-electron chi connectivity index (χ4n) is 2.17. The van der Waals surface area contributed by atoms with Gasteiger partial charge >= 0.3 is 0 Å². The number of nitrogens with two attached hydrogens (primary N) is 1. The van der Waals surface area contributed by atoms with E-state index in [1.54, 1.807) is 24.5 Å². The number of amides is 1. The van der Waals surface area contributed by atoms with Crippen LogP contribution in [0.1, 0.15) is 16.1 Å². The maximum absolute atomic E-state index is 12.7. The zero-order valence-electron chi connectivity index (χ0n) is 14.5. The second-order valence-electron chi connectivity index (χ2n) is 5.58. The topological polar surface area (TPSA) is 137 Å². The van der Waals surface area contributed by atoms with Crippen LogP contribution in [0, 0.1) is 0 Å². The molecule has 12 heteroatoms. The maximum Gasteiger partial charge on any atom is 0.269 e. The number of benzene rings is 1. The van der Waals surface area contributed by atoms with E-state index in [4.69, 9.17) is 33.7 Å². The van der Waals surface area contributed by atoms with Gasteiger partial charge in [-0.2, -0.15) is 0 Å². The number of sulfonamides is 1. The number of hydrogen-bond acceptors (Lipinski definition) is 7. The van der Waals surface area contributed by atoms with E-state index in [0.717, 1.165) is 6.20 Å². The first-order valence-corrected chi connectivity index (χ1v) is 10.2. The molecule has 0 saturated carbocycles. The molecular weight excluding hydrogens is 441 g/mol. The number of rotatable bonds is 7. The summed E-state index contributed by atoms with van der Waals surface area (Å²) in [4.78, 5) is 22.9. The third-order valence-electron chi connectivity index (χ3n) is 3.53. The van der Waals surface area contributed by atoms with Crippen molar-refractivity contribution in [2.24, 2.45) is 5.73 Å². The smallest absolute Gasteiger partial charge is 0.269 e. The summed E-state index contributed by atoms with van der Waals surface area (Å²) in [6.07, 6.45) is 4.17. The van der Waals surface area contributed by atoms with Crippen LogP contribution in [0.5, 0.6) is 5.88 Å². The lowest BCUT2D eigenvalue weighted by Crippen LogP contribution is -2.19. The molecule has 2 aromatic heterocycles. The minimum atomic E-state index is -4.18. The fraction of sp³-hybridized carbons (Fsp3) is 0.0588. The Labute approximate surface area is 175 Å². The van der Waals surface area contributed by atoms with Gasteiger partial charge in [0.15, 0.2) is 0 Å². The Balaban J connectivity index is 1.95. The van der Waals surface area contributed by atoms with E-state index in [1.165, 1.54) is 18.2 Å². The molecule has 0 radical (unpaired) electrons. The van der Waals surface area contributed by atoms with Gasteiger partial charge in [-0.1, -0.05) is 35.3 Å². The van der Waals surface area contributed by atoms with E-state index >= 15 is 0 Å². The zero-order chi connectivity index (χ0) is 21.0. The molecule has 2 heterocycles. The molecule has 0 bridgehead atoms. The second kappa shape index (κ2) is 8.60. The van der Waals surface area contributed by atoms with Crippen molar-refractivity contribution in [3.8, 4) is 5.88 Å². The number of hydrogen-bond donors (Lipinski definition) is 2. The van der Waals surface area contributed by atoms with Crippen LogP contribution in [0.25, 0.3) is 0 Å². The number of carbonyl (C=O) groups excluding carboxylic acids is 1. The summed E-state index contributed by atoms with van der Waals surface area (Å²) < 4.78 is 33.3. The summed E-state index contributed by atoms with van der Waals surface area (Å²) in [5, 5.41) is -0.0843. The number of aromatic nitrogens is 3. The number of anilines is 1. The van der Waals surface area contributed by atoms with Gasteiger partial charge < -0.3 is 10.5 Å². The van der Waals surface area contributed by atoms with Gasteiger partial charge in [-0.3, -0.25) is 14.5 Å². The molecule has 3 rings (SSSR count). The highest BCUT2D eigenvalue weighted by Crippen LogP contribution is 2.31. The molecule has 1 aromatic carbocycles. The Bertz CT molecular complexity index is 1160. The first-order chi connectivity index (χ1) is 13.8. The average Bonchev–Trinajstić information content (AvgIpc) is 2.69. The molecule has 3 N–H and O–H groups in total. The lowest BCUT2D eigenvalue weighted by atomic mass is 10.3. The van der Waals surface area contributed by atoms with E-state index < -0.39 is 15.9 Å². The highest BCUT2D eigenvalue weighted by molar-refractivity contribution is 7.92. The van der Waals surface area contributed by atoms with Gasteiger partial charge in [0.05, 0.1) is 16.2 Å². The lowest BCUT2D eigenvalue weighted by molar-refractivity contribution is 0.0994. The standard InChI is InChI=1S/C17H13Cl2N5O4S/c18-11-4-1-5-13(14(11)19)29(26,27)24-16-17(23-12(8-22-16)15(20)25)28-9-10-3-2-6-21-7-10/h1-8H,9H2,(H2,20,25)(H,22,24).